The zero-order valence-corrected chi connectivity index (χ0v) is 13.9. The van der Waals surface area contributed by atoms with Crippen LogP contribution >= 0.6 is 11.8 Å². The molecule has 4 heterocycles. The monoisotopic (exact) mass is 329 g/mol. The number of rotatable bonds is 3. The molecule has 0 spiro atoms. The Labute approximate surface area is 138 Å². The summed E-state index contributed by atoms with van der Waals surface area (Å²) in [5.74, 6) is 3.37. The van der Waals surface area contributed by atoms with E-state index in [1.165, 1.54) is 0 Å². The van der Waals surface area contributed by atoms with E-state index in [0.717, 1.165) is 53.8 Å². The van der Waals surface area contributed by atoms with Gasteiger partial charge in [0.05, 0.1) is 30.3 Å². The molecular formula is C16H19N5OS. The average molecular weight is 329 g/mol. The molecule has 0 aliphatic carbocycles. The second-order valence-corrected chi connectivity index (χ2v) is 7.33. The summed E-state index contributed by atoms with van der Waals surface area (Å²) in [6.07, 6.45) is 4.57. The predicted molar refractivity (Wildman–Crippen MR) is 90.8 cm³/mol. The minimum absolute atomic E-state index is 0.0276. The van der Waals surface area contributed by atoms with E-state index in [4.69, 9.17) is 0 Å². The largest absolute Gasteiger partial charge is 0.355 e. The number of anilines is 1. The molecular weight excluding hydrogens is 310 g/mol. The van der Waals surface area contributed by atoms with Crippen LogP contribution < -0.4 is 10.5 Å². The fourth-order valence-electron chi connectivity index (χ4n) is 3.05. The van der Waals surface area contributed by atoms with Gasteiger partial charge in [-0.25, -0.2) is 9.67 Å². The van der Waals surface area contributed by atoms with Gasteiger partial charge in [0.25, 0.3) is 5.56 Å². The van der Waals surface area contributed by atoms with Crippen molar-refractivity contribution >= 4 is 17.6 Å². The van der Waals surface area contributed by atoms with Gasteiger partial charge in [0.1, 0.15) is 5.82 Å². The first-order valence-electron chi connectivity index (χ1n) is 7.90. The van der Waals surface area contributed by atoms with E-state index in [1.54, 1.807) is 16.9 Å². The van der Waals surface area contributed by atoms with Gasteiger partial charge in [-0.05, 0) is 18.2 Å². The van der Waals surface area contributed by atoms with Gasteiger partial charge in [-0.3, -0.25) is 9.78 Å². The molecule has 1 fully saturated rings. The zero-order valence-electron chi connectivity index (χ0n) is 13.1. The SMILES string of the molecule is Cc1cnc(N2CC(Cn3nc4c(cc3=O)CSCC4)C2)cn1. The third-order valence-corrected chi connectivity index (χ3v) is 5.39. The Hall–Kier alpha value is -1.89. The van der Waals surface area contributed by atoms with Gasteiger partial charge in [-0.1, -0.05) is 0 Å². The molecule has 0 N–H and O–H groups in total. The lowest BCUT2D eigenvalue weighted by Gasteiger charge is -2.40. The van der Waals surface area contributed by atoms with Gasteiger partial charge in [0, 0.05) is 37.2 Å². The van der Waals surface area contributed by atoms with Crippen molar-refractivity contribution in [2.24, 2.45) is 5.92 Å². The number of hydrogen-bond acceptors (Lipinski definition) is 6. The molecule has 4 rings (SSSR count). The first kappa shape index (κ1) is 14.7. The van der Waals surface area contributed by atoms with Gasteiger partial charge >= 0.3 is 0 Å². The molecule has 120 valence electrons. The third kappa shape index (κ3) is 2.97. The number of hydrogen-bond donors (Lipinski definition) is 0. The lowest BCUT2D eigenvalue weighted by Crippen LogP contribution is -2.50. The van der Waals surface area contributed by atoms with Crippen molar-refractivity contribution in [1.29, 1.82) is 0 Å². The standard InChI is InChI=1S/C16H19N5OS/c1-11-5-18-15(6-17-11)20-7-12(8-20)9-21-16(22)4-13-10-23-3-2-14(13)19-21/h4-6,12H,2-3,7-10H2,1H3. The van der Waals surface area contributed by atoms with Gasteiger partial charge in [0.15, 0.2) is 0 Å². The summed E-state index contributed by atoms with van der Waals surface area (Å²) in [4.78, 5) is 23.1. The Bertz CT molecular complexity index is 767. The maximum atomic E-state index is 12.2. The molecule has 7 heteroatoms. The average Bonchev–Trinajstić information content (AvgIpc) is 2.52. The lowest BCUT2D eigenvalue weighted by atomic mass is 10.0. The summed E-state index contributed by atoms with van der Waals surface area (Å²) < 4.78 is 1.65. The quantitative estimate of drug-likeness (QED) is 0.845. The van der Waals surface area contributed by atoms with Crippen molar-refractivity contribution in [1.82, 2.24) is 19.7 Å². The molecule has 0 saturated carbocycles. The number of fused-ring (bicyclic) bond motifs is 1. The zero-order chi connectivity index (χ0) is 15.8. The van der Waals surface area contributed by atoms with Crippen LogP contribution in [0.3, 0.4) is 0 Å². The van der Waals surface area contributed by atoms with E-state index in [9.17, 15) is 4.79 Å². The number of nitrogens with zero attached hydrogens (tertiary/aromatic N) is 5. The first-order chi connectivity index (χ1) is 11.2. The normalized spacial score (nSPS) is 17.7. The highest BCUT2D eigenvalue weighted by atomic mass is 32.2. The summed E-state index contributed by atoms with van der Waals surface area (Å²) in [6.45, 7) is 4.43. The number of aryl methyl sites for hydroxylation is 2. The van der Waals surface area contributed by atoms with E-state index < -0.39 is 0 Å². The van der Waals surface area contributed by atoms with Crippen LogP contribution in [0.2, 0.25) is 0 Å². The van der Waals surface area contributed by atoms with E-state index in [1.807, 2.05) is 24.9 Å². The Balaban J connectivity index is 1.42. The van der Waals surface area contributed by atoms with E-state index in [0.29, 0.717) is 12.5 Å². The molecule has 0 aromatic carbocycles. The number of thioether (sulfide) groups is 1. The minimum Gasteiger partial charge on any atom is -0.355 e. The third-order valence-electron chi connectivity index (χ3n) is 4.38. The van der Waals surface area contributed by atoms with Crippen LogP contribution in [0.15, 0.2) is 23.3 Å². The molecule has 6 nitrogen and oxygen atoms in total. The molecule has 2 aliphatic rings. The Kier molecular flexibility index (Phi) is 3.80. The second kappa shape index (κ2) is 5.96. The predicted octanol–water partition coefficient (Wildman–Crippen LogP) is 1.27. The highest BCUT2D eigenvalue weighted by Gasteiger charge is 2.29. The fourth-order valence-corrected chi connectivity index (χ4v) is 4.00. The summed E-state index contributed by atoms with van der Waals surface area (Å²) in [6, 6.07) is 1.77. The molecule has 2 aromatic rings. The molecule has 0 bridgehead atoms. The van der Waals surface area contributed by atoms with E-state index >= 15 is 0 Å². The molecule has 0 unspecified atom stereocenters. The van der Waals surface area contributed by atoms with Gasteiger partial charge < -0.3 is 4.90 Å². The van der Waals surface area contributed by atoms with Crippen molar-refractivity contribution in [2.45, 2.75) is 25.6 Å². The maximum absolute atomic E-state index is 12.2. The molecule has 0 amide bonds. The summed E-state index contributed by atoms with van der Waals surface area (Å²) in [7, 11) is 0. The van der Waals surface area contributed by atoms with Crippen LogP contribution in [0.4, 0.5) is 5.82 Å². The second-order valence-electron chi connectivity index (χ2n) is 6.23. The van der Waals surface area contributed by atoms with Crippen molar-refractivity contribution in [3.05, 3.63) is 45.8 Å². The van der Waals surface area contributed by atoms with Crippen molar-refractivity contribution in [3.63, 3.8) is 0 Å². The fraction of sp³-hybridized carbons (Fsp3) is 0.500. The lowest BCUT2D eigenvalue weighted by molar-refractivity contribution is 0.331. The van der Waals surface area contributed by atoms with Crippen LogP contribution in [0, 0.1) is 12.8 Å². The number of aromatic nitrogens is 4. The topological polar surface area (TPSA) is 63.9 Å². The summed E-state index contributed by atoms with van der Waals surface area (Å²) in [5, 5.41) is 4.59. The summed E-state index contributed by atoms with van der Waals surface area (Å²) in [5.41, 5.74) is 3.17. The smallest absolute Gasteiger partial charge is 0.267 e. The first-order valence-corrected chi connectivity index (χ1v) is 9.06. The van der Waals surface area contributed by atoms with Gasteiger partial charge in [0.2, 0.25) is 0 Å². The van der Waals surface area contributed by atoms with E-state index in [-0.39, 0.29) is 5.56 Å². The van der Waals surface area contributed by atoms with Crippen LogP contribution in [-0.2, 0) is 18.7 Å². The molecule has 2 aromatic heterocycles. The van der Waals surface area contributed by atoms with Crippen molar-refractivity contribution in [2.75, 3.05) is 23.7 Å². The molecule has 0 radical (unpaired) electrons. The van der Waals surface area contributed by atoms with Crippen LogP contribution in [0.25, 0.3) is 0 Å². The molecule has 0 atom stereocenters. The minimum atomic E-state index is 0.0276. The molecule has 1 saturated heterocycles. The highest BCUT2D eigenvalue weighted by Crippen LogP contribution is 2.24. The Morgan fingerprint density at radius 1 is 1.30 bits per heavy atom. The van der Waals surface area contributed by atoms with Crippen LogP contribution in [-0.4, -0.2) is 38.6 Å². The van der Waals surface area contributed by atoms with Crippen LogP contribution in [0.5, 0.6) is 0 Å². The maximum Gasteiger partial charge on any atom is 0.267 e. The van der Waals surface area contributed by atoms with Gasteiger partial charge in [-0.2, -0.15) is 16.9 Å². The van der Waals surface area contributed by atoms with Crippen LogP contribution in [0.1, 0.15) is 17.0 Å². The van der Waals surface area contributed by atoms with Crippen molar-refractivity contribution < 1.29 is 0 Å². The highest BCUT2D eigenvalue weighted by molar-refractivity contribution is 7.98. The van der Waals surface area contributed by atoms with E-state index in [2.05, 4.69) is 20.0 Å². The van der Waals surface area contributed by atoms with Crippen molar-refractivity contribution in [3.8, 4) is 0 Å². The summed E-state index contributed by atoms with van der Waals surface area (Å²) >= 11 is 1.87. The van der Waals surface area contributed by atoms with Gasteiger partial charge in [-0.15, -0.1) is 0 Å². The molecule has 2 aliphatic heterocycles. The molecule has 23 heavy (non-hydrogen) atoms. The Morgan fingerprint density at radius 2 is 2.17 bits per heavy atom. The Morgan fingerprint density at radius 3 is 2.96 bits per heavy atom.